The second kappa shape index (κ2) is 7.49. The van der Waals surface area contributed by atoms with Gasteiger partial charge in [0.2, 0.25) is 0 Å². The fraction of sp³-hybridized carbons (Fsp3) is 0.786. The van der Waals surface area contributed by atoms with Crippen molar-refractivity contribution in [3.63, 3.8) is 0 Å². The molecule has 0 saturated carbocycles. The van der Waals surface area contributed by atoms with E-state index in [2.05, 4.69) is 55.1 Å². The third-order valence-corrected chi connectivity index (χ3v) is 3.29. The fourth-order valence-corrected chi connectivity index (χ4v) is 2.08. The summed E-state index contributed by atoms with van der Waals surface area (Å²) in [5.41, 5.74) is 1.21. The van der Waals surface area contributed by atoms with E-state index in [1.165, 1.54) is 18.5 Å². The second-order valence-electron chi connectivity index (χ2n) is 4.79. The summed E-state index contributed by atoms with van der Waals surface area (Å²) in [6, 6.07) is 3.24. The lowest BCUT2D eigenvalue weighted by Gasteiger charge is -2.15. The van der Waals surface area contributed by atoms with Gasteiger partial charge in [0.15, 0.2) is 0 Å². The Morgan fingerprint density at radius 2 is 2.12 bits per heavy atom. The van der Waals surface area contributed by atoms with Gasteiger partial charge in [-0.15, -0.1) is 0 Å². The van der Waals surface area contributed by atoms with Gasteiger partial charge < -0.3 is 5.32 Å². The molecule has 0 aliphatic heterocycles. The van der Waals surface area contributed by atoms with E-state index in [1.54, 1.807) is 0 Å². The first-order chi connectivity index (χ1) is 8.21. The first-order valence-electron chi connectivity index (χ1n) is 6.98. The largest absolute Gasteiger partial charge is 0.314 e. The predicted octanol–water partition coefficient (Wildman–Crippen LogP) is 3.17. The highest BCUT2D eigenvalue weighted by molar-refractivity contribution is 5.02. The minimum absolute atomic E-state index is 0.507. The molecule has 2 unspecified atom stereocenters. The zero-order valence-electron chi connectivity index (χ0n) is 11.7. The van der Waals surface area contributed by atoms with Crippen LogP contribution in [0.2, 0.25) is 0 Å². The van der Waals surface area contributed by atoms with Crippen LogP contribution < -0.4 is 5.32 Å². The molecule has 3 nitrogen and oxygen atoms in total. The van der Waals surface area contributed by atoms with E-state index in [-0.39, 0.29) is 0 Å². The van der Waals surface area contributed by atoms with Crippen molar-refractivity contribution in [2.24, 2.45) is 0 Å². The molecule has 0 aromatic carbocycles. The maximum atomic E-state index is 4.66. The molecule has 2 atom stereocenters. The Kier molecular flexibility index (Phi) is 6.27. The summed E-state index contributed by atoms with van der Waals surface area (Å²) in [6.07, 6.45) is 6.74. The fourth-order valence-electron chi connectivity index (χ4n) is 2.08. The summed E-state index contributed by atoms with van der Waals surface area (Å²) in [5.74, 6) is 0. The molecular weight excluding hydrogens is 210 g/mol. The minimum Gasteiger partial charge on any atom is -0.314 e. The maximum absolute atomic E-state index is 4.66. The molecule has 0 saturated heterocycles. The van der Waals surface area contributed by atoms with Gasteiger partial charge >= 0.3 is 0 Å². The van der Waals surface area contributed by atoms with E-state index >= 15 is 0 Å². The predicted molar refractivity (Wildman–Crippen MR) is 73.3 cm³/mol. The van der Waals surface area contributed by atoms with Crippen LogP contribution in [0, 0.1) is 0 Å². The lowest BCUT2D eigenvalue weighted by Crippen LogP contribution is -2.31. The number of hydrogen-bond acceptors (Lipinski definition) is 2. The number of rotatable bonds is 8. The van der Waals surface area contributed by atoms with E-state index in [0.717, 1.165) is 19.4 Å². The van der Waals surface area contributed by atoms with Crippen LogP contribution in [-0.4, -0.2) is 22.4 Å². The lowest BCUT2D eigenvalue weighted by atomic mass is 10.1. The highest BCUT2D eigenvalue weighted by Gasteiger charge is 2.10. The zero-order valence-corrected chi connectivity index (χ0v) is 11.7. The van der Waals surface area contributed by atoms with Crippen molar-refractivity contribution in [3.05, 3.63) is 18.0 Å². The van der Waals surface area contributed by atoms with Crippen LogP contribution in [0.25, 0.3) is 0 Å². The third-order valence-electron chi connectivity index (χ3n) is 3.29. The van der Waals surface area contributed by atoms with Gasteiger partial charge in [-0.1, -0.05) is 27.2 Å². The van der Waals surface area contributed by atoms with Crippen molar-refractivity contribution in [1.82, 2.24) is 15.1 Å². The molecule has 0 aliphatic carbocycles. The Labute approximate surface area is 106 Å². The van der Waals surface area contributed by atoms with Gasteiger partial charge in [-0.3, -0.25) is 4.68 Å². The Hall–Kier alpha value is -0.830. The standard InChI is InChI=1S/C14H27N3/c1-5-8-13(15-7-3)11-14-9-10-17(16-14)12(4)6-2/h9-10,12-13,15H,5-8,11H2,1-4H3. The quantitative estimate of drug-likeness (QED) is 0.752. The second-order valence-corrected chi connectivity index (χ2v) is 4.79. The van der Waals surface area contributed by atoms with Crippen LogP contribution in [0.4, 0.5) is 0 Å². The van der Waals surface area contributed by atoms with Crippen molar-refractivity contribution in [2.75, 3.05) is 6.54 Å². The molecule has 0 bridgehead atoms. The van der Waals surface area contributed by atoms with E-state index in [4.69, 9.17) is 0 Å². The Morgan fingerprint density at radius 3 is 2.71 bits per heavy atom. The Balaban J connectivity index is 2.56. The highest BCUT2D eigenvalue weighted by atomic mass is 15.3. The molecule has 1 aromatic rings. The molecular formula is C14H27N3. The van der Waals surface area contributed by atoms with Crippen molar-refractivity contribution < 1.29 is 0 Å². The van der Waals surface area contributed by atoms with Crippen molar-refractivity contribution in [2.45, 2.75) is 65.5 Å². The van der Waals surface area contributed by atoms with Crippen LogP contribution in [0.15, 0.2) is 12.3 Å². The number of aromatic nitrogens is 2. The molecule has 0 fully saturated rings. The smallest absolute Gasteiger partial charge is 0.0640 e. The van der Waals surface area contributed by atoms with Crippen molar-refractivity contribution >= 4 is 0 Å². The molecule has 1 heterocycles. The molecule has 1 rings (SSSR count). The Bertz CT molecular complexity index is 300. The van der Waals surface area contributed by atoms with E-state index < -0.39 is 0 Å². The van der Waals surface area contributed by atoms with Crippen LogP contribution >= 0.6 is 0 Å². The molecule has 0 aliphatic rings. The zero-order chi connectivity index (χ0) is 12.7. The minimum atomic E-state index is 0.507. The van der Waals surface area contributed by atoms with Crippen LogP contribution in [0.3, 0.4) is 0 Å². The third kappa shape index (κ3) is 4.50. The van der Waals surface area contributed by atoms with E-state index in [0.29, 0.717) is 12.1 Å². The molecule has 98 valence electrons. The van der Waals surface area contributed by atoms with Crippen LogP contribution in [0.5, 0.6) is 0 Å². The highest BCUT2D eigenvalue weighted by Crippen LogP contribution is 2.11. The van der Waals surface area contributed by atoms with Gasteiger partial charge in [0, 0.05) is 24.7 Å². The number of hydrogen-bond donors (Lipinski definition) is 1. The topological polar surface area (TPSA) is 29.9 Å². The molecule has 0 amide bonds. The molecule has 0 radical (unpaired) electrons. The summed E-state index contributed by atoms with van der Waals surface area (Å²) in [5, 5.41) is 8.20. The summed E-state index contributed by atoms with van der Waals surface area (Å²) >= 11 is 0. The average molecular weight is 237 g/mol. The lowest BCUT2D eigenvalue weighted by molar-refractivity contribution is 0.455. The SMILES string of the molecule is CCCC(Cc1ccn(C(C)CC)n1)NCC. The van der Waals surface area contributed by atoms with Gasteiger partial charge in [0.1, 0.15) is 0 Å². The summed E-state index contributed by atoms with van der Waals surface area (Å²) in [4.78, 5) is 0. The molecule has 1 N–H and O–H groups in total. The summed E-state index contributed by atoms with van der Waals surface area (Å²) in [6.45, 7) is 9.86. The first-order valence-corrected chi connectivity index (χ1v) is 6.98. The number of nitrogens with zero attached hydrogens (tertiary/aromatic N) is 2. The van der Waals surface area contributed by atoms with Crippen LogP contribution in [0.1, 0.15) is 58.7 Å². The average Bonchev–Trinajstić information content (AvgIpc) is 2.77. The maximum Gasteiger partial charge on any atom is 0.0640 e. The van der Waals surface area contributed by atoms with Crippen molar-refractivity contribution in [1.29, 1.82) is 0 Å². The van der Waals surface area contributed by atoms with Gasteiger partial charge in [-0.2, -0.15) is 5.10 Å². The van der Waals surface area contributed by atoms with Gasteiger partial charge in [0.05, 0.1) is 5.69 Å². The van der Waals surface area contributed by atoms with Crippen molar-refractivity contribution in [3.8, 4) is 0 Å². The van der Waals surface area contributed by atoms with E-state index in [9.17, 15) is 0 Å². The Morgan fingerprint density at radius 1 is 1.35 bits per heavy atom. The molecule has 3 heteroatoms. The number of likely N-dealkylation sites (N-methyl/N-ethyl adjacent to an activating group) is 1. The molecule has 1 aromatic heterocycles. The molecule has 17 heavy (non-hydrogen) atoms. The molecule has 0 spiro atoms. The number of nitrogens with one attached hydrogen (secondary N) is 1. The summed E-state index contributed by atoms with van der Waals surface area (Å²) < 4.78 is 2.09. The van der Waals surface area contributed by atoms with Crippen LogP contribution in [-0.2, 0) is 6.42 Å². The monoisotopic (exact) mass is 237 g/mol. The normalized spacial score (nSPS) is 14.8. The van der Waals surface area contributed by atoms with Gasteiger partial charge in [-0.25, -0.2) is 0 Å². The van der Waals surface area contributed by atoms with Gasteiger partial charge in [0.25, 0.3) is 0 Å². The van der Waals surface area contributed by atoms with E-state index in [1.807, 2.05) is 0 Å². The summed E-state index contributed by atoms with van der Waals surface area (Å²) in [7, 11) is 0. The first kappa shape index (κ1) is 14.2. The van der Waals surface area contributed by atoms with Gasteiger partial charge in [-0.05, 0) is 32.4 Å².